The number of thiophene rings is 1. The van der Waals surface area contributed by atoms with Crippen LogP contribution in [0.25, 0.3) is 0 Å². The van der Waals surface area contributed by atoms with E-state index in [0.29, 0.717) is 36.5 Å². The number of carbonyl (C=O) groups excluding carboxylic acids is 3. The van der Waals surface area contributed by atoms with Crippen LogP contribution in [0.2, 0.25) is 0 Å². The highest BCUT2D eigenvalue weighted by Crippen LogP contribution is 2.37. The average molecular weight is 339 g/mol. The molecule has 126 valence electrons. The van der Waals surface area contributed by atoms with Crippen molar-refractivity contribution in [2.75, 3.05) is 19.0 Å². The summed E-state index contributed by atoms with van der Waals surface area (Å²) >= 11 is 1.30. The minimum Gasteiger partial charge on any atom is -0.453 e. The number of primary amides is 1. The monoisotopic (exact) mass is 339 g/mol. The molecule has 1 aliphatic rings. The van der Waals surface area contributed by atoms with Crippen molar-refractivity contribution >= 4 is 34.2 Å². The Hall–Kier alpha value is -2.09. The van der Waals surface area contributed by atoms with Crippen LogP contribution in [0.3, 0.4) is 0 Å². The molecule has 0 saturated carbocycles. The van der Waals surface area contributed by atoms with Crippen molar-refractivity contribution in [3.63, 3.8) is 0 Å². The van der Waals surface area contributed by atoms with E-state index >= 15 is 0 Å². The fraction of sp³-hybridized carbons (Fsp3) is 0.533. The van der Waals surface area contributed by atoms with Crippen LogP contribution in [0.1, 0.15) is 47.0 Å². The number of nitrogens with zero attached hydrogens (tertiary/aromatic N) is 1. The summed E-state index contributed by atoms with van der Waals surface area (Å²) in [5.41, 5.74) is 6.69. The van der Waals surface area contributed by atoms with Gasteiger partial charge in [-0.25, -0.2) is 4.79 Å². The molecule has 0 spiro atoms. The summed E-state index contributed by atoms with van der Waals surface area (Å²) in [6.07, 6.45) is 2.23. The molecule has 0 unspecified atom stereocenters. The van der Waals surface area contributed by atoms with E-state index in [2.05, 4.69) is 5.32 Å². The number of unbranched alkanes of at least 4 members (excludes halogenated alkanes) is 1. The van der Waals surface area contributed by atoms with Gasteiger partial charge in [0.1, 0.15) is 5.00 Å². The summed E-state index contributed by atoms with van der Waals surface area (Å²) in [4.78, 5) is 37.8. The van der Waals surface area contributed by atoms with E-state index in [4.69, 9.17) is 10.5 Å². The van der Waals surface area contributed by atoms with Gasteiger partial charge in [0.25, 0.3) is 5.91 Å². The van der Waals surface area contributed by atoms with Crippen LogP contribution in [-0.4, -0.2) is 36.5 Å². The molecular formula is C15H21N3O4S. The van der Waals surface area contributed by atoms with E-state index in [0.717, 1.165) is 23.3 Å². The minimum absolute atomic E-state index is 0.127. The molecule has 0 atom stereocenters. The molecule has 1 aliphatic heterocycles. The van der Waals surface area contributed by atoms with Crippen molar-refractivity contribution in [2.45, 2.75) is 39.2 Å². The molecule has 0 fully saturated rings. The molecule has 2 rings (SSSR count). The Morgan fingerprint density at radius 1 is 1.39 bits per heavy atom. The van der Waals surface area contributed by atoms with Crippen molar-refractivity contribution in [3.8, 4) is 0 Å². The number of fused-ring (bicyclic) bond motifs is 1. The highest BCUT2D eigenvalue weighted by atomic mass is 32.1. The third-order valence-corrected chi connectivity index (χ3v) is 4.88. The molecule has 1 aromatic heterocycles. The zero-order valence-corrected chi connectivity index (χ0v) is 14.1. The Bertz CT molecular complexity index is 626. The summed E-state index contributed by atoms with van der Waals surface area (Å²) in [5.74, 6) is -0.683. The Morgan fingerprint density at radius 3 is 2.74 bits per heavy atom. The number of amides is 3. The summed E-state index contributed by atoms with van der Waals surface area (Å²) in [6, 6.07) is 0. The van der Waals surface area contributed by atoms with Crippen LogP contribution in [0.5, 0.6) is 0 Å². The Balaban J connectivity index is 2.24. The lowest BCUT2D eigenvalue weighted by molar-refractivity contribution is -0.116. The fourth-order valence-corrected chi connectivity index (χ4v) is 3.85. The van der Waals surface area contributed by atoms with Gasteiger partial charge >= 0.3 is 6.09 Å². The van der Waals surface area contributed by atoms with Gasteiger partial charge < -0.3 is 20.7 Å². The second kappa shape index (κ2) is 7.45. The number of nitrogens with one attached hydrogen (secondary N) is 1. The first-order valence-electron chi connectivity index (χ1n) is 7.55. The predicted molar refractivity (Wildman–Crippen MR) is 87.5 cm³/mol. The number of rotatable bonds is 5. The topological polar surface area (TPSA) is 102 Å². The molecule has 0 radical (unpaired) electrons. The third-order valence-electron chi connectivity index (χ3n) is 3.75. The van der Waals surface area contributed by atoms with Gasteiger partial charge in [-0.1, -0.05) is 13.3 Å². The van der Waals surface area contributed by atoms with Crippen molar-refractivity contribution in [2.24, 2.45) is 5.73 Å². The molecule has 1 aromatic rings. The van der Waals surface area contributed by atoms with E-state index in [1.165, 1.54) is 18.4 Å². The lowest BCUT2D eigenvalue weighted by Crippen LogP contribution is -2.35. The standard InChI is InChI=1S/C15H21N3O4S/c1-3-4-5-11(19)17-14-12(13(16)20)9-6-7-18(15(21)22-2)8-10(9)23-14/h3-8H2,1-2H3,(H2,16,20)(H,17,19). The molecule has 23 heavy (non-hydrogen) atoms. The van der Waals surface area contributed by atoms with Gasteiger partial charge in [-0.05, 0) is 18.4 Å². The molecule has 3 amide bonds. The van der Waals surface area contributed by atoms with Crippen LogP contribution in [-0.2, 0) is 22.5 Å². The second-order valence-electron chi connectivity index (χ2n) is 5.37. The lowest BCUT2D eigenvalue weighted by Gasteiger charge is -2.25. The number of nitrogens with two attached hydrogens (primary N) is 1. The van der Waals surface area contributed by atoms with E-state index in [9.17, 15) is 14.4 Å². The second-order valence-corrected chi connectivity index (χ2v) is 6.47. The first-order chi connectivity index (χ1) is 11.0. The van der Waals surface area contributed by atoms with E-state index < -0.39 is 12.0 Å². The number of hydrogen-bond acceptors (Lipinski definition) is 5. The Morgan fingerprint density at radius 2 is 2.13 bits per heavy atom. The fourth-order valence-electron chi connectivity index (χ4n) is 2.56. The molecule has 7 nitrogen and oxygen atoms in total. The summed E-state index contributed by atoms with van der Waals surface area (Å²) in [6.45, 7) is 2.82. The maximum absolute atomic E-state index is 11.9. The number of carbonyl (C=O) groups is 3. The number of ether oxygens (including phenoxy) is 1. The quantitative estimate of drug-likeness (QED) is 0.857. The van der Waals surface area contributed by atoms with Crippen LogP contribution in [0, 0.1) is 0 Å². The van der Waals surface area contributed by atoms with Crippen LogP contribution in [0.4, 0.5) is 9.80 Å². The normalized spacial score (nSPS) is 13.4. The van der Waals surface area contributed by atoms with E-state index in [1.807, 2.05) is 6.92 Å². The number of methoxy groups -OCH3 is 1. The molecular weight excluding hydrogens is 318 g/mol. The van der Waals surface area contributed by atoms with Gasteiger partial charge in [0, 0.05) is 17.8 Å². The molecule has 0 aliphatic carbocycles. The SMILES string of the molecule is CCCCC(=O)Nc1sc2c(c1C(N)=O)CCN(C(=O)OC)C2. The summed E-state index contributed by atoms with van der Waals surface area (Å²) < 4.78 is 4.73. The van der Waals surface area contributed by atoms with Crippen LogP contribution >= 0.6 is 11.3 Å². The number of hydrogen-bond donors (Lipinski definition) is 2. The number of anilines is 1. The van der Waals surface area contributed by atoms with Crippen LogP contribution < -0.4 is 11.1 Å². The molecule has 3 N–H and O–H groups in total. The smallest absolute Gasteiger partial charge is 0.409 e. The molecule has 0 bridgehead atoms. The zero-order valence-electron chi connectivity index (χ0n) is 13.3. The Kier molecular flexibility index (Phi) is 5.59. The van der Waals surface area contributed by atoms with Crippen molar-refractivity contribution < 1.29 is 19.1 Å². The molecule has 0 aromatic carbocycles. The van der Waals surface area contributed by atoms with Gasteiger partial charge in [0.15, 0.2) is 0 Å². The summed E-state index contributed by atoms with van der Waals surface area (Å²) in [7, 11) is 1.33. The molecule has 8 heteroatoms. The lowest BCUT2D eigenvalue weighted by atomic mass is 10.0. The van der Waals surface area contributed by atoms with E-state index in [-0.39, 0.29) is 5.91 Å². The van der Waals surface area contributed by atoms with Crippen molar-refractivity contribution in [1.29, 1.82) is 0 Å². The highest BCUT2D eigenvalue weighted by molar-refractivity contribution is 7.17. The van der Waals surface area contributed by atoms with Gasteiger partial charge in [-0.15, -0.1) is 11.3 Å². The van der Waals surface area contributed by atoms with Gasteiger partial charge in [-0.2, -0.15) is 0 Å². The maximum Gasteiger partial charge on any atom is 0.409 e. The summed E-state index contributed by atoms with van der Waals surface area (Å²) in [5, 5.41) is 3.27. The van der Waals surface area contributed by atoms with Crippen LogP contribution in [0.15, 0.2) is 0 Å². The van der Waals surface area contributed by atoms with Gasteiger partial charge in [-0.3, -0.25) is 9.59 Å². The highest BCUT2D eigenvalue weighted by Gasteiger charge is 2.29. The van der Waals surface area contributed by atoms with Crippen molar-refractivity contribution in [1.82, 2.24) is 4.90 Å². The Labute approximate surface area is 138 Å². The largest absolute Gasteiger partial charge is 0.453 e. The predicted octanol–water partition coefficient (Wildman–Crippen LogP) is 2.10. The zero-order chi connectivity index (χ0) is 17.0. The third kappa shape index (κ3) is 3.82. The molecule has 0 saturated heterocycles. The minimum atomic E-state index is -0.556. The van der Waals surface area contributed by atoms with Gasteiger partial charge in [0.05, 0.1) is 19.2 Å². The van der Waals surface area contributed by atoms with E-state index in [1.54, 1.807) is 4.90 Å². The van der Waals surface area contributed by atoms with Crippen molar-refractivity contribution in [3.05, 3.63) is 16.0 Å². The first-order valence-corrected chi connectivity index (χ1v) is 8.36. The average Bonchev–Trinajstić information content (AvgIpc) is 2.88. The first kappa shape index (κ1) is 17.3. The van der Waals surface area contributed by atoms with Gasteiger partial charge in [0.2, 0.25) is 5.91 Å². The molecule has 2 heterocycles. The maximum atomic E-state index is 11.9.